The summed E-state index contributed by atoms with van der Waals surface area (Å²) in [6, 6.07) is 26.6. The third-order valence-corrected chi connectivity index (χ3v) is 6.86. The van der Waals surface area contributed by atoms with Crippen molar-refractivity contribution in [1.82, 2.24) is 9.78 Å². The number of carbonyl (C=O) groups excluding carboxylic acids is 1. The summed E-state index contributed by atoms with van der Waals surface area (Å²) in [4.78, 5) is 12.7. The molecule has 0 atom stereocenters. The molecule has 0 spiro atoms. The first-order valence-electron chi connectivity index (χ1n) is 10.2. The largest absolute Gasteiger partial charge is 0.406 e. The molecular weight excluding hydrogens is 424 g/mol. The molecule has 0 bridgehead atoms. The molecule has 0 aliphatic rings. The highest BCUT2D eigenvalue weighted by Crippen LogP contribution is 2.34. The van der Waals surface area contributed by atoms with Gasteiger partial charge in [-0.2, -0.15) is 9.78 Å². The maximum atomic E-state index is 13.4. The second kappa shape index (κ2) is 9.20. The van der Waals surface area contributed by atoms with Crippen LogP contribution in [0.25, 0.3) is 5.69 Å². The van der Waals surface area contributed by atoms with Crippen LogP contribution >= 0.6 is 0 Å². The second-order valence-electron chi connectivity index (χ2n) is 7.24. The van der Waals surface area contributed by atoms with E-state index in [1.807, 2.05) is 36.4 Å². The van der Waals surface area contributed by atoms with Gasteiger partial charge in [-0.3, -0.25) is 4.79 Å². The number of sulfone groups is 1. The number of aromatic nitrogens is 2. The van der Waals surface area contributed by atoms with Crippen LogP contribution in [0.1, 0.15) is 17.7 Å². The number of rotatable bonds is 7. The van der Waals surface area contributed by atoms with Gasteiger partial charge in [-0.25, -0.2) is 8.42 Å². The zero-order chi connectivity index (χ0) is 22.6. The predicted octanol–water partition coefficient (Wildman–Crippen LogP) is 4.55. The highest BCUT2D eigenvalue weighted by Gasteiger charge is 2.31. The van der Waals surface area contributed by atoms with Crippen LogP contribution in [0.15, 0.2) is 101 Å². The van der Waals surface area contributed by atoms with Gasteiger partial charge in [0.2, 0.25) is 15.7 Å². The second-order valence-corrected chi connectivity index (χ2v) is 9.13. The molecule has 4 aromatic rings. The van der Waals surface area contributed by atoms with Gasteiger partial charge in [-0.1, -0.05) is 66.7 Å². The fourth-order valence-corrected chi connectivity index (χ4v) is 4.94. The quantitative estimate of drug-likeness (QED) is 0.389. The fraction of sp³-hybridized carbons (Fsp3) is 0.120. The van der Waals surface area contributed by atoms with E-state index in [9.17, 15) is 13.2 Å². The van der Waals surface area contributed by atoms with Crippen LogP contribution in [0.2, 0.25) is 0 Å². The molecule has 7 heteroatoms. The minimum Gasteiger partial charge on any atom is -0.406 e. The normalized spacial score (nSPS) is 11.3. The van der Waals surface area contributed by atoms with Crippen molar-refractivity contribution in [1.29, 1.82) is 0 Å². The topological polar surface area (TPSA) is 78.3 Å². The monoisotopic (exact) mass is 446 g/mol. The summed E-state index contributed by atoms with van der Waals surface area (Å²) in [6.45, 7) is 1.59. The smallest absolute Gasteiger partial charge is 0.312 e. The molecule has 0 radical (unpaired) electrons. The minimum atomic E-state index is -3.96. The highest BCUT2D eigenvalue weighted by molar-refractivity contribution is 7.91. The van der Waals surface area contributed by atoms with Crippen LogP contribution in [-0.2, 0) is 21.1 Å². The molecule has 0 amide bonds. The molecule has 0 saturated heterocycles. The van der Waals surface area contributed by atoms with Crippen LogP contribution < -0.4 is 4.74 Å². The Hall–Kier alpha value is -3.71. The number of carbonyl (C=O) groups is 1. The number of hydrogen-bond acceptors (Lipinski definition) is 5. The Morgan fingerprint density at radius 3 is 2.06 bits per heavy atom. The molecular formula is C25H22N2O4S. The lowest BCUT2D eigenvalue weighted by atomic mass is 10.1. The molecule has 1 heterocycles. The standard InChI is InChI=1S/C25H22N2O4S/c1-19-24(32(29,30)22-15-9-4-10-16-22)25(27(26-19)21-13-7-3-8-14-21)31-23(28)18-17-20-11-5-2-6-12-20/h2-16H,17-18H2,1H3. The Morgan fingerprint density at radius 2 is 1.44 bits per heavy atom. The van der Waals surface area contributed by atoms with Crippen molar-refractivity contribution < 1.29 is 17.9 Å². The Morgan fingerprint density at radius 1 is 0.875 bits per heavy atom. The maximum absolute atomic E-state index is 13.4. The van der Waals surface area contributed by atoms with Gasteiger partial charge in [-0.05, 0) is 43.2 Å². The Labute approximate surface area is 187 Å². The van der Waals surface area contributed by atoms with E-state index >= 15 is 0 Å². The summed E-state index contributed by atoms with van der Waals surface area (Å²) in [5.74, 6) is -0.633. The number of aryl methyl sites for hydroxylation is 2. The minimum absolute atomic E-state index is 0.101. The number of ether oxygens (including phenoxy) is 1. The third-order valence-electron chi connectivity index (χ3n) is 4.96. The molecule has 0 aliphatic carbocycles. The van der Waals surface area contributed by atoms with Crippen molar-refractivity contribution in [3.05, 3.63) is 102 Å². The number of nitrogens with zero attached hydrogens (tertiary/aromatic N) is 2. The van der Waals surface area contributed by atoms with Gasteiger partial charge in [0.15, 0.2) is 4.90 Å². The molecule has 1 aromatic heterocycles. The Balaban J connectivity index is 1.74. The van der Waals surface area contributed by atoms with E-state index in [0.717, 1.165) is 5.56 Å². The molecule has 0 N–H and O–H groups in total. The van der Waals surface area contributed by atoms with Gasteiger partial charge in [0.05, 0.1) is 22.7 Å². The fourth-order valence-electron chi connectivity index (χ4n) is 3.40. The Bertz CT molecular complexity index is 1320. The molecule has 162 valence electrons. The van der Waals surface area contributed by atoms with Crippen LogP contribution in [0.5, 0.6) is 5.88 Å². The van der Waals surface area contributed by atoms with Gasteiger partial charge in [0.25, 0.3) is 0 Å². The lowest BCUT2D eigenvalue weighted by Crippen LogP contribution is -2.14. The van der Waals surface area contributed by atoms with Gasteiger partial charge < -0.3 is 4.74 Å². The average Bonchev–Trinajstić information content (AvgIpc) is 3.16. The molecule has 32 heavy (non-hydrogen) atoms. The molecule has 0 fully saturated rings. The zero-order valence-corrected chi connectivity index (χ0v) is 18.3. The Kier molecular flexibility index (Phi) is 6.18. The number of esters is 1. The average molecular weight is 447 g/mol. The summed E-state index contributed by atoms with van der Waals surface area (Å²) in [7, 11) is -3.96. The summed E-state index contributed by atoms with van der Waals surface area (Å²) < 4.78 is 33.9. The van der Waals surface area contributed by atoms with Gasteiger partial charge in [0, 0.05) is 0 Å². The van der Waals surface area contributed by atoms with Crippen molar-refractivity contribution in [3.63, 3.8) is 0 Å². The maximum Gasteiger partial charge on any atom is 0.312 e. The van der Waals surface area contributed by atoms with Gasteiger partial charge in [0.1, 0.15) is 0 Å². The van der Waals surface area contributed by atoms with Crippen LogP contribution in [0.4, 0.5) is 0 Å². The van der Waals surface area contributed by atoms with Crippen molar-refractivity contribution in [2.24, 2.45) is 0 Å². The van der Waals surface area contributed by atoms with Crippen molar-refractivity contribution in [2.45, 2.75) is 29.6 Å². The summed E-state index contributed by atoms with van der Waals surface area (Å²) in [5, 5.41) is 4.40. The van der Waals surface area contributed by atoms with Crippen LogP contribution in [0.3, 0.4) is 0 Å². The van der Waals surface area contributed by atoms with E-state index in [1.165, 1.54) is 16.8 Å². The summed E-state index contributed by atoms with van der Waals surface area (Å²) in [6.07, 6.45) is 0.590. The van der Waals surface area contributed by atoms with Gasteiger partial charge >= 0.3 is 5.97 Å². The lowest BCUT2D eigenvalue weighted by Gasteiger charge is -2.11. The number of para-hydroxylation sites is 1. The first-order chi connectivity index (χ1) is 15.5. The van der Waals surface area contributed by atoms with E-state index in [-0.39, 0.29) is 27.8 Å². The first kappa shape index (κ1) is 21.5. The van der Waals surface area contributed by atoms with E-state index in [1.54, 1.807) is 49.4 Å². The zero-order valence-electron chi connectivity index (χ0n) is 17.5. The molecule has 4 rings (SSSR count). The lowest BCUT2D eigenvalue weighted by molar-refractivity contribution is -0.134. The van der Waals surface area contributed by atoms with E-state index in [2.05, 4.69) is 5.10 Å². The predicted molar refractivity (Wildman–Crippen MR) is 121 cm³/mol. The van der Waals surface area contributed by atoms with E-state index in [0.29, 0.717) is 12.1 Å². The highest BCUT2D eigenvalue weighted by atomic mass is 32.2. The molecule has 0 aliphatic heterocycles. The van der Waals surface area contributed by atoms with Crippen molar-refractivity contribution in [2.75, 3.05) is 0 Å². The van der Waals surface area contributed by atoms with Gasteiger partial charge in [-0.15, -0.1) is 0 Å². The van der Waals surface area contributed by atoms with E-state index < -0.39 is 15.8 Å². The first-order valence-corrected chi connectivity index (χ1v) is 11.6. The SMILES string of the molecule is Cc1nn(-c2ccccc2)c(OC(=O)CCc2ccccc2)c1S(=O)(=O)c1ccccc1. The summed E-state index contributed by atoms with van der Waals surface area (Å²) in [5.41, 5.74) is 1.84. The number of benzene rings is 3. The van der Waals surface area contributed by atoms with Crippen LogP contribution in [-0.4, -0.2) is 24.2 Å². The van der Waals surface area contributed by atoms with Crippen molar-refractivity contribution in [3.8, 4) is 11.6 Å². The number of hydrogen-bond donors (Lipinski definition) is 0. The van der Waals surface area contributed by atoms with Crippen LogP contribution in [0, 0.1) is 6.92 Å². The molecule has 0 unspecified atom stereocenters. The molecule has 3 aromatic carbocycles. The van der Waals surface area contributed by atoms with E-state index in [4.69, 9.17) is 4.74 Å². The summed E-state index contributed by atoms with van der Waals surface area (Å²) >= 11 is 0. The van der Waals surface area contributed by atoms with Crippen molar-refractivity contribution >= 4 is 15.8 Å². The molecule has 6 nitrogen and oxygen atoms in total. The third kappa shape index (κ3) is 4.48. The molecule has 0 saturated carbocycles.